The van der Waals surface area contributed by atoms with Gasteiger partial charge in [-0.25, -0.2) is 0 Å². The third-order valence-corrected chi connectivity index (χ3v) is 4.45. The Kier molecular flexibility index (Phi) is 5.34. The molecular formula is C16H24N2S. The van der Waals surface area contributed by atoms with Crippen LogP contribution in [-0.4, -0.2) is 29.5 Å². The molecule has 2 atom stereocenters. The molecule has 2 nitrogen and oxygen atoms in total. The minimum absolute atomic E-state index is 0.187. The number of piperidine rings is 1. The van der Waals surface area contributed by atoms with Crippen LogP contribution in [0.3, 0.4) is 0 Å². The minimum Gasteiger partial charge on any atom is -0.393 e. The van der Waals surface area contributed by atoms with Crippen molar-refractivity contribution in [1.29, 1.82) is 0 Å². The second-order valence-electron chi connectivity index (χ2n) is 5.54. The molecule has 1 aliphatic rings. The van der Waals surface area contributed by atoms with E-state index in [1.165, 1.54) is 37.9 Å². The Labute approximate surface area is 122 Å². The van der Waals surface area contributed by atoms with Crippen molar-refractivity contribution >= 4 is 17.2 Å². The summed E-state index contributed by atoms with van der Waals surface area (Å²) < 4.78 is 0. The predicted molar refractivity (Wildman–Crippen MR) is 85.4 cm³/mol. The Bertz CT molecular complexity index is 404. The Morgan fingerprint density at radius 1 is 1.42 bits per heavy atom. The minimum atomic E-state index is 0.187. The smallest absolute Gasteiger partial charge is 0.0816 e. The maximum absolute atomic E-state index is 5.96. The van der Waals surface area contributed by atoms with Crippen molar-refractivity contribution in [3.05, 3.63) is 35.9 Å². The van der Waals surface area contributed by atoms with Gasteiger partial charge in [0.1, 0.15) is 0 Å². The summed E-state index contributed by atoms with van der Waals surface area (Å²) in [5.41, 5.74) is 7.20. The van der Waals surface area contributed by atoms with Crippen molar-refractivity contribution in [3.8, 4) is 0 Å². The Morgan fingerprint density at radius 2 is 2.16 bits per heavy atom. The molecule has 1 heterocycles. The van der Waals surface area contributed by atoms with Crippen molar-refractivity contribution < 1.29 is 0 Å². The van der Waals surface area contributed by atoms with Crippen LogP contribution in [0, 0.1) is 5.92 Å². The highest BCUT2D eigenvalue weighted by molar-refractivity contribution is 7.80. The number of rotatable bonds is 5. The van der Waals surface area contributed by atoms with Crippen LogP contribution in [0.5, 0.6) is 0 Å². The molecule has 3 heteroatoms. The van der Waals surface area contributed by atoms with Gasteiger partial charge in [-0.3, -0.25) is 0 Å². The lowest BCUT2D eigenvalue weighted by Gasteiger charge is -2.34. The van der Waals surface area contributed by atoms with Crippen molar-refractivity contribution in [3.63, 3.8) is 0 Å². The first-order valence-electron chi connectivity index (χ1n) is 7.27. The fraction of sp³-hybridized carbons (Fsp3) is 0.562. The van der Waals surface area contributed by atoms with Gasteiger partial charge in [-0.05, 0) is 30.9 Å². The van der Waals surface area contributed by atoms with Crippen LogP contribution in [0.15, 0.2) is 30.3 Å². The lowest BCUT2D eigenvalue weighted by Crippen LogP contribution is -2.40. The molecule has 104 valence electrons. The summed E-state index contributed by atoms with van der Waals surface area (Å²) in [7, 11) is 0. The van der Waals surface area contributed by atoms with Crippen LogP contribution in [-0.2, 0) is 0 Å². The molecule has 19 heavy (non-hydrogen) atoms. The van der Waals surface area contributed by atoms with E-state index in [0.29, 0.717) is 4.99 Å². The summed E-state index contributed by atoms with van der Waals surface area (Å²) >= 11 is 5.28. The summed E-state index contributed by atoms with van der Waals surface area (Å²) in [4.78, 5) is 3.15. The lowest BCUT2D eigenvalue weighted by molar-refractivity contribution is 0.170. The molecule has 2 N–H and O–H groups in total. The van der Waals surface area contributed by atoms with Crippen molar-refractivity contribution in [2.45, 2.75) is 32.1 Å². The maximum Gasteiger partial charge on any atom is 0.0816 e. The number of nitrogens with two attached hydrogens (primary N) is 1. The molecule has 0 saturated carbocycles. The summed E-state index contributed by atoms with van der Waals surface area (Å²) in [5, 5.41) is 0. The molecule has 0 spiro atoms. The third-order valence-electron chi connectivity index (χ3n) is 4.17. The molecule has 1 aromatic carbocycles. The molecular weight excluding hydrogens is 252 g/mol. The van der Waals surface area contributed by atoms with Crippen LogP contribution >= 0.6 is 12.2 Å². The molecule has 2 unspecified atom stereocenters. The highest BCUT2D eigenvalue weighted by Crippen LogP contribution is 2.23. The fourth-order valence-electron chi connectivity index (χ4n) is 2.95. The SMILES string of the molecule is CCC1CCCN(CC(C(N)=S)c2ccccc2)C1. The molecule has 2 rings (SSSR count). The van der Waals surface area contributed by atoms with Gasteiger partial charge >= 0.3 is 0 Å². The van der Waals surface area contributed by atoms with Gasteiger partial charge in [0.15, 0.2) is 0 Å². The number of benzene rings is 1. The lowest BCUT2D eigenvalue weighted by atomic mass is 9.93. The molecule has 1 fully saturated rings. The van der Waals surface area contributed by atoms with E-state index in [2.05, 4.69) is 36.1 Å². The third kappa shape index (κ3) is 4.02. The summed E-state index contributed by atoms with van der Waals surface area (Å²) in [6.07, 6.45) is 3.95. The zero-order valence-electron chi connectivity index (χ0n) is 11.7. The van der Waals surface area contributed by atoms with Gasteiger partial charge in [-0.2, -0.15) is 0 Å². The fourth-order valence-corrected chi connectivity index (χ4v) is 3.16. The first-order chi connectivity index (χ1) is 9.20. The topological polar surface area (TPSA) is 29.3 Å². The predicted octanol–water partition coefficient (Wildman–Crippen LogP) is 3.18. The van der Waals surface area contributed by atoms with Crippen molar-refractivity contribution in [1.82, 2.24) is 4.90 Å². The summed E-state index contributed by atoms with van der Waals surface area (Å²) in [6.45, 7) is 5.64. The normalized spacial score (nSPS) is 22.1. The largest absolute Gasteiger partial charge is 0.393 e. The van der Waals surface area contributed by atoms with E-state index in [9.17, 15) is 0 Å². The van der Waals surface area contributed by atoms with E-state index in [1.54, 1.807) is 0 Å². The number of hydrogen-bond donors (Lipinski definition) is 1. The zero-order valence-corrected chi connectivity index (χ0v) is 12.5. The van der Waals surface area contributed by atoms with Gasteiger partial charge in [-0.15, -0.1) is 0 Å². The average molecular weight is 276 g/mol. The molecule has 1 aromatic rings. The second kappa shape index (κ2) is 7.01. The molecule has 1 saturated heterocycles. The van der Waals surface area contributed by atoms with Crippen molar-refractivity contribution in [2.24, 2.45) is 11.7 Å². The highest BCUT2D eigenvalue weighted by Gasteiger charge is 2.23. The monoisotopic (exact) mass is 276 g/mol. The highest BCUT2D eigenvalue weighted by atomic mass is 32.1. The molecule has 0 aliphatic carbocycles. The standard InChI is InChI=1S/C16H24N2S/c1-2-13-7-6-10-18(11-13)12-15(16(17)19)14-8-4-3-5-9-14/h3-5,8-9,13,15H,2,6-7,10-12H2,1H3,(H2,17,19). The van der Waals surface area contributed by atoms with Crippen LogP contribution in [0.25, 0.3) is 0 Å². The zero-order chi connectivity index (χ0) is 13.7. The van der Waals surface area contributed by atoms with Crippen molar-refractivity contribution in [2.75, 3.05) is 19.6 Å². The first-order valence-corrected chi connectivity index (χ1v) is 7.68. The molecule has 0 radical (unpaired) electrons. The molecule has 0 amide bonds. The number of nitrogens with zero attached hydrogens (tertiary/aromatic N) is 1. The molecule has 0 aromatic heterocycles. The number of hydrogen-bond acceptors (Lipinski definition) is 2. The van der Waals surface area contributed by atoms with Crippen LogP contribution in [0.1, 0.15) is 37.7 Å². The average Bonchev–Trinajstić information content (AvgIpc) is 2.45. The second-order valence-corrected chi connectivity index (χ2v) is 6.01. The van der Waals surface area contributed by atoms with Crippen LogP contribution in [0.2, 0.25) is 0 Å². The van der Waals surface area contributed by atoms with E-state index < -0.39 is 0 Å². The van der Waals surface area contributed by atoms with Gasteiger partial charge in [0.25, 0.3) is 0 Å². The summed E-state index contributed by atoms with van der Waals surface area (Å²) in [6, 6.07) is 10.4. The summed E-state index contributed by atoms with van der Waals surface area (Å²) in [5.74, 6) is 1.03. The molecule has 0 bridgehead atoms. The number of likely N-dealkylation sites (tertiary alicyclic amines) is 1. The van der Waals surface area contributed by atoms with Gasteiger partial charge in [0.2, 0.25) is 0 Å². The van der Waals surface area contributed by atoms with Gasteiger partial charge in [-0.1, -0.05) is 55.9 Å². The maximum atomic E-state index is 5.96. The van der Waals surface area contributed by atoms with Crippen LogP contribution in [0.4, 0.5) is 0 Å². The van der Waals surface area contributed by atoms with Gasteiger partial charge in [0.05, 0.1) is 4.99 Å². The Hall–Kier alpha value is -0.930. The first kappa shape index (κ1) is 14.5. The van der Waals surface area contributed by atoms with E-state index in [1.807, 2.05) is 6.07 Å². The molecule has 1 aliphatic heterocycles. The van der Waals surface area contributed by atoms with Gasteiger partial charge in [0, 0.05) is 19.0 Å². The van der Waals surface area contributed by atoms with E-state index in [-0.39, 0.29) is 5.92 Å². The Morgan fingerprint density at radius 3 is 2.79 bits per heavy atom. The van der Waals surface area contributed by atoms with Gasteiger partial charge < -0.3 is 10.6 Å². The van der Waals surface area contributed by atoms with E-state index in [4.69, 9.17) is 18.0 Å². The Balaban J connectivity index is 2.03. The van der Waals surface area contributed by atoms with E-state index >= 15 is 0 Å². The quantitative estimate of drug-likeness (QED) is 0.838. The van der Waals surface area contributed by atoms with Crippen LogP contribution < -0.4 is 5.73 Å². The van der Waals surface area contributed by atoms with E-state index in [0.717, 1.165) is 12.5 Å². The number of thiocarbonyl (C=S) groups is 1.